The number of hydrogen-bond donors (Lipinski definition) is 4. The summed E-state index contributed by atoms with van der Waals surface area (Å²) in [6.07, 6.45) is 2.82. The van der Waals surface area contributed by atoms with Crippen molar-refractivity contribution < 1.29 is 24.3 Å². The van der Waals surface area contributed by atoms with E-state index in [9.17, 15) is 24.3 Å². The molecular weight excluding hydrogens is 618 g/mol. The molecule has 0 aromatic heterocycles. The third kappa shape index (κ3) is 8.59. The van der Waals surface area contributed by atoms with E-state index in [0.717, 1.165) is 24.0 Å². The van der Waals surface area contributed by atoms with Crippen LogP contribution in [0.5, 0.6) is 0 Å². The van der Waals surface area contributed by atoms with E-state index in [2.05, 4.69) is 16.0 Å². The molecule has 4 amide bonds. The van der Waals surface area contributed by atoms with Gasteiger partial charge >= 0.3 is 0 Å². The number of rotatable bonds is 11. The molecule has 10 heteroatoms. The molecular formula is C39H41N5O5. The summed E-state index contributed by atoms with van der Waals surface area (Å²) < 4.78 is 0. The largest absolute Gasteiger partial charge is 0.378 e. The highest BCUT2D eigenvalue weighted by Gasteiger charge is 2.35. The zero-order chi connectivity index (χ0) is 34.2. The SMILES string of the molecule is O=C(Nc1ccc(NC(=O)[C@@H]2CCCN2C(=O)Cc2ccccc2)cc1)c1ccc(NC(=O)[C@@H]2CCCN2C(O)Cc2ccccc2)cc1. The van der Waals surface area contributed by atoms with Crippen LogP contribution in [0.25, 0.3) is 0 Å². The van der Waals surface area contributed by atoms with E-state index in [1.807, 2.05) is 65.6 Å². The molecule has 2 aliphatic heterocycles. The molecule has 2 saturated heterocycles. The average molecular weight is 660 g/mol. The second kappa shape index (κ2) is 15.7. The number of carbonyl (C=O) groups is 4. The second-order valence-electron chi connectivity index (χ2n) is 12.6. The second-order valence-corrected chi connectivity index (χ2v) is 12.6. The third-order valence-corrected chi connectivity index (χ3v) is 9.14. The summed E-state index contributed by atoms with van der Waals surface area (Å²) in [6, 6.07) is 31.7. The molecule has 2 aliphatic rings. The first kappa shape index (κ1) is 33.6. The van der Waals surface area contributed by atoms with Crippen molar-refractivity contribution in [3.8, 4) is 0 Å². The average Bonchev–Trinajstić information content (AvgIpc) is 3.82. The van der Waals surface area contributed by atoms with Crippen molar-refractivity contribution in [1.29, 1.82) is 0 Å². The van der Waals surface area contributed by atoms with Gasteiger partial charge in [0.05, 0.1) is 12.5 Å². The summed E-state index contributed by atoms with van der Waals surface area (Å²) in [7, 11) is 0. The molecule has 0 saturated carbocycles. The Morgan fingerprint density at radius 1 is 0.633 bits per heavy atom. The van der Waals surface area contributed by atoms with Crippen LogP contribution in [0.1, 0.15) is 47.2 Å². The van der Waals surface area contributed by atoms with Crippen molar-refractivity contribution >= 4 is 40.7 Å². The number of nitrogens with one attached hydrogen (secondary N) is 3. The normalized spacial score (nSPS) is 18.1. The monoisotopic (exact) mass is 659 g/mol. The van der Waals surface area contributed by atoms with Gasteiger partial charge in [-0.3, -0.25) is 24.1 Å². The van der Waals surface area contributed by atoms with E-state index < -0.39 is 18.3 Å². The number of amides is 4. The van der Waals surface area contributed by atoms with Crippen LogP contribution < -0.4 is 16.0 Å². The summed E-state index contributed by atoms with van der Waals surface area (Å²) in [5, 5.41) is 19.5. The van der Waals surface area contributed by atoms with Gasteiger partial charge in [0.15, 0.2) is 0 Å². The van der Waals surface area contributed by atoms with Gasteiger partial charge in [-0.15, -0.1) is 0 Å². The van der Waals surface area contributed by atoms with Crippen molar-refractivity contribution in [3.05, 3.63) is 126 Å². The first-order valence-electron chi connectivity index (χ1n) is 16.8. The summed E-state index contributed by atoms with van der Waals surface area (Å²) >= 11 is 0. The van der Waals surface area contributed by atoms with Gasteiger partial charge in [0, 0.05) is 42.1 Å². The lowest BCUT2D eigenvalue weighted by atomic mass is 10.1. The molecule has 2 fully saturated rings. The maximum atomic E-state index is 13.1. The van der Waals surface area contributed by atoms with Crippen LogP contribution in [-0.2, 0) is 27.2 Å². The van der Waals surface area contributed by atoms with Gasteiger partial charge < -0.3 is 26.0 Å². The van der Waals surface area contributed by atoms with Crippen LogP contribution in [0.4, 0.5) is 17.1 Å². The molecule has 4 N–H and O–H groups in total. The zero-order valence-electron chi connectivity index (χ0n) is 27.3. The summed E-state index contributed by atoms with van der Waals surface area (Å²) in [6.45, 7) is 1.20. The van der Waals surface area contributed by atoms with Crippen molar-refractivity contribution in [2.45, 2.75) is 56.8 Å². The Morgan fingerprint density at radius 2 is 1.14 bits per heavy atom. The molecule has 252 valence electrons. The molecule has 10 nitrogen and oxygen atoms in total. The van der Waals surface area contributed by atoms with E-state index in [1.54, 1.807) is 53.4 Å². The Kier molecular flexibility index (Phi) is 10.8. The van der Waals surface area contributed by atoms with Crippen molar-refractivity contribution in [3.63, 3.8) is 0 Å². The molecule has 49 heavy (non-hydrogen) atoms. The Bertz CT molecular complexity index is 1750. The lowest BCUT2D eigenvalue weighted by Crippen LogP contribution is -2.46. The standard InChI is InChI=1S/C39H41N5O5/c45-35(25-27-9-3-1-4-10-27)43-23-7-13-33(43)38(48)41-30-17-15-29(16-18-30)37(47)40-31-19-21-32(22-20-31)42-39(49)34-14-8-24-44(34)36(46)26-28-11-5-2-6-12-28/h1-6,9-12,15-22,33-35,45H,7-8,13-14,23-26H2,(H,40,47)(H,41,48)(H,42,49)/t33-,34-,35?/m0/s1. The topological polar surface area (TPSA) is 131 Å². The Morgan fingerprint density at radius 3 is 1.78 bits per heavy atom. The molecule has 0 aliphatic carbocycles. The number of aliphatic hydroxyl groups is 1. The highest BCUT2D eigenvalue weighted by molar-refractivity contribution is 6.05. The number of aliphatic hydroxyl groups excluding tert-OH is 1. The molecule has 0 spiro atoms. The maximum Gasteiger partial charge on any atom is 0.255 e. The van der Waals surface area contributed by atoms with Crippen LogP contribution in [-0.4, -0.2) is 69.9 Å². The maximum absolute atomic E-state index is 13.1. The van der Waals surface area contributed by atoms with E-state index in [4.69, 9.17) is 0 Å². The van der Waals surface area contributed by atoms with Crippen LogP contribution in [0.15, 0.2) is 109 Å². The van der Waals surface area contributed by atoms with Crippen molar-refractivity contribution in [1.82, 2.24) is 9.80 Å². The molecule has 0 bridgehead atoms. The smallest absolute Gasteiger partial charge is 0.255 e. The zero-order valence-corrected chi connectivity index (χ0v) is 27.3. The lowest BCUT2D eigenvalue weighted by Gasteiger charge is -2.28. The number of anilines is 3. The minimum Gasteiger partial charge on any atom is -0.378 e. The number of carbonyl (C=O) groups excluding carboxylic acids is 4. The Labute approximate surface area is 286 Å². The molecule has 4 aromatic rings. The summed E-state index contributed by atoms with van der Waals surface area (Å²) in [4.78, 5) is 55.6. The molecule has 6 rings (SSSR count). The van der Waals surface area contributed by atoms with E-state index in [1.165, 1.54) is 0 Å². The molecule has 4 aromatic carbocycles. The van der Waals surface area contributed by atoms with Gasteiger partial charge in [-0.05, 0) is 85.3 Å². The minimum absolute atomic E-state index is 0.0628. The third-order valence-electron chi connectivity index (χ3n) is 9.14. The molecule has 1 unspecified atom stereocenters. The fraction of sp³-hybridized carbons (Fsp3) is 0.282. The minimum atomic E-state index is -0.754. The lowest BCUT2D eigenvalue weighted by molar-refractivity contribution is -0.136. The Hall–Kier alpha value is -5.32. The van der Waals surface area contributed by atoms with Crippen LogP contribution in [0.3, 0.4) is 0 Å². The van der Waals surface area contributed by atoms with Gasteiger partial charge in [0.2, 0.25) is 17.7 Å². The summed E-state index contributed by atoms with van der Waals surface area (Å²) in [5.41, 5.74) is 4.03. The fourth-order valence-corrected chi connectivity index (χ4v) is 6.58. The van der Waals surface area contributed by atoms with E-state index >= 15 is 0 Å². The van der Waals surface area contributed by atoms with Gasteiger partial charge in [0.25, 0.3) is 5.91 Å². The van der Waals surface area contributed by atoms with E-state index in [-0.39, 0.29) is 30.0 Å². The van der Waals surface area contributed by atoms with Gasteiger partial charge in [0.1, 0.15) is 12.3 Å². The number of benzene rings is 4. The quantitative estimate of drug-likeness (QED) is 0.178. The predicted molar refractivity (Wildman–Crippen MR) is 189 cm³/mol. The number of hydrogen-bond acceptors (Lipinski definition) is 6. The number of likely N-dealkylation sites (tertiary alicyclic amines) is 2. The van der Waals surface area contributed by atoms with Gasteiger partial charge in [-0.25, -0.2) is 0 Å². The molecule has 0 radical (unpaired) electrons. The van der Waals surface area contributed by atoms with Gasteiger partial charge in [-0.1, -0.05) is 60.7 Å². The van der Waals surface area contributed by atoms with Crippen molar-refractivity contribution in [2.24, 2.45) is 0 Å². The van der Waals surface area contributed by atoms with Crippen LogP contribution >= 0.6 is 0 Å². The summed E-state index contributed by atoms with van der Waals surface area (Å²) in [5.74, 6) is -0.799. The molecule has 3 atom stereocenters. The van der Waals surface area contributed by atoms with Gasteiger partial charge in [-0.2, -0.15) is 0 Å². The van der Waals surface area contributed by atoms with Crippen LogP contribution in [0.2, 0.25) is 0 Å². The van der Waals surface area contributed by atoms with Crippen molar-refractivity contribution in [2.75, 3.05) is 29.0 Å². The first-order valence-corrected chi connectivity index (χ1v) is 16.8. The van der Waals surface area contributed by atoms with E-state index in [0.29, 0.717) is 55.0 Å². The molecule has 2 heterocycles. The van der Waals surface area contributed by atoms with Crippen LogP contribution in [0, 0.1) is 0 Å². The highest BCUT2D eigenvalue weighted by Crippen LogP contribution is 2.24. The predicted octanol–water partition coefficient (Wildman–Crippen LogP) is 5.08. The first-order chi connectivity index (χ1) is 23.8. The fourth-order valence-electron chi connectivity index (χ4n) is 6.58. The highest BCUT2D eigenvalue weighted by atomic mass is 16.3. The Balaban J connectivity index is 0.980. The number of nitrogens with zero attached hydrogens (tertiary/aromatic N) is 2.